The minimum Gasteiger partial charge on any atom is -0.310 e. The molecule has 0 saturated heterocycles. The first-order valence-electron chi connectivity index (χ1n) is 22.8. The number of benzene rings is 10. The summed E-state index contributed by atoms with van der Waals surface area (Å²) in [6, 6.07) is 88.3. The Balaban J connectivity index is 0.979. The van der Waals surface area contributed by atoms with Gasteiger partial charge in [0.15, 0.2) is 0 Å². The minimum absolute atomic E-state index is 0.114. The molecule has 0 aromatic heterocycles. The third kappa shape index (κ3) is 5.39. The van der Waals surface area contributed by atoms with Gasteiger partial charge in [-0.25, -0.2) is 0 Å². The maximum absolute atomic E-state index is 2.43. The summed E-state index contributed by atoms with van der Waals surface area (Å²) < 4.78 is 0. The summed E-state index contributed by atoms with van der Waals surface area (Å²) in [6.45, 7) is 4.72. The first kappa shape index (κ1) is 37.5. The number of rotatable bonds is 5. The Labute approximate surface area is 381 Å². The first-order valence-corrected chi connectivity index (χ1v) is 22.8. The van der Waals surface area contributed by atoms with Crippen molar-refractivity contribution in [2.24, 2.45) is 0 Å². The molecule has 65 heavy (non-hydrogen) atoms. The third-order valence-electron chi connectivity index (χ3n) is 14.7. The highest BCUT2D eigenvalue weighted by Gasteiger charge is 2.50. The van der Waals surface area contributed by atoms with E-state index in [1.54, 1.807) is 0 Å². The SMILES string of the molecule is CC1(C)c2ccccc2-c2ccc(N(c3ccc(-c4ccccc4)cc3)c3ccc(-c4cccc5c4-c4ccccc4C54c5ccccc5-c5ccccc5-c5ccccc54)cc3)cc21. The van der Waals surface area contributed by atoms with Crippen molar-refractivity contribution in [3.05, 3.63) is 270 Å². The van der Waals surface area contributed by atoms with E-state index in [1.807, 2.05) is 0 Å². The van der Waals surface area contributed by atoms with Gasteiger partial charge in [-0.2, -0.15) is 0 Å². The highest BCUT2D eigenvalue weighted by molar-refractivity contribution is 6.01. The molecule has 0 heterocycles. The monoisotopic (exact) mass is 827 g/mol. The number of hydrogen-bond donors (Lipinski definition) is 0. The van der Waals surface area contributed by atoms with Gasteiger partial charge in [0.2, 0.25) is 0 Å². The zero-order valence-electron chi connectivity index (χ0n) is 36.5. The maximum atomic E-state index is 2.43. The van der Waals surface area contributed by atoms with Gasteiger partial charge >= 0.3 is 0 Å². The molecule has 0 N–H and O–H groups in total. The predicted molar refractivity (Wildman–Crippen MR) is 271 cm³/mol. The molecular weight excluding hydrogens is 783 g/mol. The van der Waals surface area contributed by atoms with Crippen LogP contribution in [0.15, 0.2) is 237 Å². The van der Waals surface area contributed by atoms with Gasteiger partial charge in [0.25, 0.3) is 0 Å². The van der Waals surface area contributed by atoms with E-state index >= 15 is 0 Å². The molecule has 0 bridgehead atoms. The van der Waals surface area contributed by atoms with Crippen LogP contribution >= 0.6 is 0 Å². The summed E-state index contributed by atoms with van der Waals surface area (Å²) in [5.74, 6) is 0. The second kappa shape index (κ2) is 14.3. The lowest BCUT2D eigenvalue weighted by molar-refractivity contribution is 0.660. The van der Waals surface area contributed by atoms with Gasteiger partial charge in [-0.1, -0.05) is 214 Å². The molecule has 0 unspecified atom stereocenters. The van der Waals surface area contributed by atoms with Crippen LogP contribution < -0.4 is 4.90 Å². The van der Waals surface area contributed by atoms with E-state index in [1.165, 1.54) is 100 Å². The van der Waals surface area contributed by atoms with Gasteiger partial charge in [-0.3, -0.25) is 0 Å². The van der Waals surface area contributed by atoms with Gasteiger partial charge in [0.1, 0.15) is 0 Å². The molecule has 0 atom stereocenters. The molecule has 1 heteroatoms. The van der Waals surface area contributed by atoms with E-state index in [0.29, 0.717) is 0 Å². The molecule has 0 fully saturated rings. The largest absolute Gasteiger partial charge is 0.310 e. The van der Waals surface area contributed by atoms with Crippen LogP contribution in [0.2, 0.25) is 0 Å². The van der Waals surface area contributed by atoms with Crippen molar-refractivity contribution in [1.82, 2.24) is 0 Å². The molecule has 0 saturated carbocycles. The molecule has 3 aliphatic rings. The molecule has 3 aliphatic carbocycles. The maximum Gasteiger partial charge on any atom is 0.0725 e. The Morgan fingerprint density at radius 2 is 0.662 bits per heavy atom. The number of hydrogen-bond acceptors (Lipinski definition) is 1. The van der Waals surface area contributed by atoms with E-state index < -0.39 is 5.41 Å². The second-order valence-corrected chi connectivity index (χ2v) is 18.4. The molecule has 306 valence electrons. The van der Waals surface area contributed by atoms with Crippen LogP contribution in [0.3, 0.4) is 0 Å². The molecule has 0 aliphatic heterocycles. The molecule has 0 radical (unpaired) electrons. The standard InChI is InChI=1S/C64H45N/c1-63(2)56-26-12-8-23-53(56)54-40-39-47(41-61(54)63)65(45-35-31-43(32-36-45)42-17-4-3-5-18-42)46-37-33-44(34-38-46)48-25-16-30-60-62(48)55-24-11-15-29-59(55)64(60)57-27-13-9-21-51(57)49-19-6-7-20-50(49)52-22-10-14-28-58(52)64/h3-41H,1-2H3. The molecule has 0 amide bonds. The molecule has 10 aromatic rings. The molecular formula is C64H45N. The number of anilines is 3. The van der Waals surface area contributed by atoms with Crippen LogP contribution in [-0.4, -0.2) is 0 Å². The number of fused-ring (bicyclic) bond motifs is 15. The van der Waals surface area contributed by atoms with Crippen LogP contribution in [0.1, 0.15) is 47.2 Å². The number of nitrogens with zero attached hydrogens (tertiary/aromatic N) is 1. The Hall–Kier alpha value is -8.00. The normalized spacial score (nSPS) is 13.9. The average molecular weight is 828 g/mol. The third-order valence-corrected chi connectivity index (χ3v) is 14.7. The minimum atomic E-state index is -0.516. The van der Waals surface area contributed by atoms with Crippen molar-refractivity contribution >= 4 is 17.1 Å². The second-order valence-electron chi connectivity index (χ2n) is 18.4. The summed E-state index contributed by atoms with van der Waals surface area (Å²) in [5.41, 5.74) is 26.0. The van der Waals surface area contributed by atoms with E-state index in [2.05, 4.69) is 255 Å². The van der Waals surface area contributed by atoms with Gasteiger partial charge in [-0.05, 0) is 137 Å². The summed E-state index contributed by atoms with van der Waals surface area (Å²) in [6.07, 6.45) is 0. The fraction of sp³-hybridized carbons (Fsp3) is 0.0625. The van der Waals surface area contributed by atoms with E-state index in [4.69, 9.17) is 0 Å². The van der Waals surface area contributed by atoms with Crippen molar-refractivity contribution in [1.29, 1.82) is 0 Å². The molecule has 13 rings (SSSR count). The summed E-state index contributed by atoms with van der Waals surface area (Å²) in [7, 11) is 0. The van der Waals surface area contributed by atoms with Crippen LogP contribution in [0, 0.1) is 0 Å². The van der Waals surface area contributed by atoms with Crippen molar-refractivity contribution in [2.75, 3.05) is 4.90 Å². The Kier molecular flexibility index (Phi) is 8.24. The van der Waals surface area contributed by atoms with Crippen LogP contribution in [0.5, 0.6) is 0 Å². The zero-order chi connectivity index (χ0) is 43.3. The summed E-state index contributed by atoms with van der Waals surface area (Å²) >= 11 is 0. The zero-order valence-corrected chi connectivity index (χ0v) is 36.5. The highest BCUT2D eigenvalue weighted by atomic mass is 15.1. The smallest absolute Gasteiger partial charge is 0.0725 e. The molecule has 1 spiro atoms. The molecule has 10 aromatic carbocycles. The highest BCUT2D eigenvalue weighted by Crippen LogP contribution is 2.63. The fourth-order valence-corrected chi connectivity index (χ4v) is 11.8. The van der Waals surface area contributed by atoms with Crippen molar-refractivity contribution in [3.8, 4) is 66.8 Å². The van der Waals surface area contributed by atoms with Crippen molar-refractivity contribution in [2.45, 2.75) is 24.7 Å². The predicted octanol–water partition coefficient (Wildman–Crippen LogP) is 16.8. The van der Waals surface area contributed by atoms with Gasteiger partial charge in [0, 0.05) is 22.5 Å². The van der Waals surface area contributed by atoms with E-state index in [-0.39, 0.29) is 5.41 Å². The summed E-state index contributed by atoms with van der Waals surface area (Å²) in [5, 5.41) is 0. The first-order chi connectivity index (χ1) is 32.0. The Morgan fingerprint density at radius 1 is 0.262 bits per heavy atom. The van der Waals surface area contributed by atoms with E-state index in [0.717, 1.165) is 17.1 Å². The van der Waals surface area contributed by atoms with Gasteiger partial charge in [-0.15, -0.1) is 0 Å². The van der Waals surface area contributed by atoms with Gasteiger partial charge < -0.3 is 4.90 Å². The van der Waals surface area contributed by atoms with Crippen molar-refractivity contribution in [3.63, 3.8) is 0 Å². The topological polar surface area (TPSA) is 3.24 Å². The average Bonchev–Trinajstić information content (AvgIpc) is 3.76. The Bertz CT molecular complexity index is 3430. The lowest BCUT2D eigenvalue weighted by atomic mass is 9.66. The lowest BCUT2D eigenvalue weighted by Gasteiger charge is -2.35. The van der Waals surface area contributed by atoms with Gasteiger partial charge in [0.05, 0.1) is 5.41 Å². The quantitative estimate of drug-likeness (QED) is 0.167. The molecule has 1 nitrogen and oxygen atoms in total. The van der Waals surface area contributed by atoms with Crippen LogP contribution in [0.25, 0.3) is 66.8 Å². The van der Waals surface area contributed by atoms with Crippen LogP contribution in [0.4, 0.5) is 17.1 Å². The fourth-order valence-electron chi connectivity index (χ4n) is 11.8. The van der Waals surface area contributed by atoms with Crippen molar-refractivity contribution < 1.29 is 0 Å². The Morgan fingerprint density at radius 3 is 1.26 bits per heavy atom. The lowest BCUT2D eigenvalue weighted by Crippen LogP contribution is -2.29. The van der Waals surface area contributed by atoms with Crippen LogP contribution in [-0.2, 0) is 10.8 Å². The van der Waals surface area contributed by atoms with E-state index in [9.17, 15) is 0 Å². The summed E-state index contributed by atoms with van der Waals surface area (Å²) in [4.78, 5) is 2.43.